The number of hydrogen-bond acceptors (Lipinski definition) is 6. The average molecular weight is 389 g/mol. The van der Waals surface area contributed by atoms with Crippen LogP contribution in [-0.2, 0) is 14.2 Å². The van der Waals surface area contributed by atoms with Crippen molar-refractivity contribution >= 4 is 11.7 Å². The SMILES string of the molecule is C[C@@H]1CN(c2cc(C(=O)N(C[C@@H]3CCCO3)C[C@@H]3CCCO3)ccn2)CCO1. The van der Waals surface area contributed by atoms with Crippen LogP contribution in [-0.4, -0.2) is 80.1 Å². The predicted molar refractivity (Wildman–Crippen MR) is 106 cm³/mol. The fraction of sp³-hybridized carbons (Fsp3) is 0.714. The van der Waals surface area contributed by atoms with Crippen LogP contribution in [0, 0.1) is 0 Å². The summed E-state index contributed by atoms with van der Waals surface area (Å²) < 4.78 is 17.2. The van der Waals surface area contributed by atoms with Crippen molar-refractivity contribution in [3.05, 3.63) is 23.9 Å². The summed E-state index contributed by atoms with van der Waals surface area (Å²) in [6.07, 6.45) is 6.34. The maximum Gasteiger partial charge on any atom is 0.254 e. The molecule has 0 radical (unpaired) electrons. The zero-order valence-corrected chi connectivity index (χ0v) is 16.7. The van der Waals surface area contributed by atoms with Crippen molar-refractivity contribution in [3.63, 3.8) is 0 Å². The Morgan fingerprint density at radius 2 is 1.86 bits per heavy atom. The molecule has 0 unspecified atom stereocenters. The van der Waals surface area contributed by atoms with Crippen molar-refractivity contribution in [1.29, 1.82) is 0 Å². The highest BCUT2D eigenvalue weighted by Crippen LogP contribution is 2.21. The van der Waals surface area contributed by atoms with Crippen LogP contribution in [0.2, 0.25) is 0 Å². The number of aromatic nitrogens is 1. The summed E-state index contributed by atoms with van der Waals surface area (Å²) in [7, 11) is 0. The second kappa shape index (κ2) is 9.20. The molecule has 0 aliphatic carbocycles. The van der Waals surface area contributed by atoms with E-state index in [1.807, 2.05) is 17.0 Å². The van der Waals surface area contributed by atoms with E-state index in [-0.39, 0.29) is 24.2 Å². The summed E-state index contributed by atoms with van der Waals surface area (Å²) in [5.41, 5.74) is 0.681. The lowest BCUT2D eigenvalue weighted by molar-refractivity contribution is 0.0307. The largest absolute Gasteiger partial charge is 0.376 e. The summed E-state index contributed by atoms with van der Waals surface area (Å²) in [6.45, 7) is 7.18. The quantitative estimate of drug-likeness (QED) is 0.743. The summed E-state index contributed by atoms with van der Waals surface area (Å²) in [6, 6.07) is 3.73. The Balaban J connectivity index is 1.49. The molecule has 7 heteroatoms. The zero-order chi connectivity index (χ0) is 19.3. The highest BCUT2D eigenvalue weighted by atomic mass is 16.5. The lowest BCUT2D eigenvalue weighted by Gasteiger charge is -2.32. The molecule has 3 saturated heterocycles. The van der Waals surface area contributed by atoms with Gasteiger partial charge in [-0.25, -0.2) is 4.98 Å². The number of nitrogens with zero attached hydrogens (tertiary/aromatic N) is 3. The molecule has 0 spiro atoms. The first-order valence-corrected chi connectivity index (χ1v) is 10.5. The molecule has 0 saturated carbocycles. The van der Waals surface area contributed by atoms with Crippen molar-refractivity contribution in [2.24, 2.45) is 0 Å². The summed E-state index contributed by atoms with van der Waals surface area (Å²) in [4.78, 5) is 22.0. The molecule has 28 heavy (non-hydrogen) atoms. The minimum absolute atomic E-state index is 0.0379. The van der Waals surface area contributed by atoms with E-state index < -0.39 is 0 Å². The van der Waals surface area contributed by atoms with Crippen LogP contribution < -0.4 is 4.90 Å². The monoisotopic (exact) mass is 389 g/mol. The minimum Gasteiger partial charge on any atom is -0.376 e. The van der Waals surface area contributed by atoms with Gasteiger partial charge in [0.05, 0.1) is 24.9 Å². The lowest BCUT2D eigenvalue weighted by Crippen LogP contribution is -2.43. The Morgan fingerprint density at radius 3 is 2.46 bits per heavy atom. The smallest absolute Gasteiger partial charge is 0.254 e. The number of carbonyl (C=O) groups excluding carboxylic acids is 1. The van der Waals surface area contributed by atoms with Gasteiger partial charge in [-0.3, -0.25) is 4.79 Å². The van der Waals surface area contributed by atoms with Gasteiger partial charge >= 0.3 is 0 Å². The highest BCUT2D eigenvalue weighted by molar-refractivity contribution is 5.95. The normalized spacial score (nSPS) is 27.9. The molecular weight excluding hydrogens is 358 g/mol. The summed E-state index contributed by atoms with van der Waals surface area (Å²) in [5.74, 6) is 0.881. The van der Waals surface area contributed by atoms with E-state index in [9.17, 15) is 4.79 Å². The third kappa shape index (κ3) is 4.82. The molecule has 0 bridgehead atoms. The fourth-order valence-electron chi connectivity index (χ4n) is 4.24. The van der Waals surface area contributed by atoms with Gasteiger partial charge in [-0.2, -0.15) is 0 Å². The zero-order valence-electron chi connectivity index (χ0n) is 16.7. The van der Waals surface area contributed by atoms with E-state index in [1.165, 1.54) is 0 Å². The van der Waals surface area contributed by atoms with Crippen molar-refractivity contribution in [3.8, 4) is 0 Å². The fourth-order valence-corrected chi connectivity index (χ4v) is 4.24. The Morgan fingerprint density at radius 1 is 1.14 bits per heavy atom. The number of rotatable bonds is 6. The lowest BCUT2D eigenvalue weighted by atomic mass is 10.1. The molecule has 0 aromatic carbocycles. The number of amides is 1. The van der Waals surface area contributed by atoms with Crippen molar-refractivity contribution in [2.45, 2.75) is 50.9 Å². The van der Waals surface area contributed by atoms with Crippen LogP contribution in [0.5, 0.6) is 0 Å². The molecule has 0 N–H and O–H groups in total. The van der Waals surface area contributed by atoms with Gasteiger partial charge < -0.3 is 24.0 Å². The van der Waals surface area contributed by atoms with Gasteiger partial charge in [0.2, 0.25) is 0 Å². The minimum atomic E-state index is 0.0379. The second-order valence-corrected chi connectivity index (χ2v) is 8.01. The number of ether oxygens (including phenoxy) is 3. The van der Waals surface area contributed by atoms with E-state index in [0.29, 0.717) is 25.3 Å². The number of pyridine rings is 1. The molecule has 3 atom stereocenters. The maximum absolute atomic E-state index is 13.4. The molecular formula is C21H31N3O4. The van der Waals surface area contributed by atoms with Gasteiger partial charge in [0, 0.05) is 51.2 Å². The molecule has 1 aromatic rings. The van der Waals surface area contributed by atoms with Crippen molar-refractivity contribution in [1.82, 2.24) is 9.88 Å². The molecule has 7 nitrogen and oxygen atoms in total. The molecule has 1 amide bonds. The van der Waals surface area contributed by atoms with Crippen LogP contribution in [0.4, 0.5) is 5.82 Å². The Bertz CT molecular complexity index is 641. The Hall–Kier alpha value is -1.70. The Labute approximate surface area is 166 Å². The summed E-state index contributed by atoms with van der Waals surface area (Å²) >= 11 is 0. The highest BCUT2D eigenvalue weighted by Gasteiger charge is 2.28. The van der Waals surface area contributed by atoms with Crippen LogP contribution in [0.15, 0.2) is 18.3 Å². The number of anilines is 1. The van der Waals surface area contributed by atoms with Gasteiger partial charge in [0.1, 0.15) is 5.82 Å². The van der Waals surface area contributed by atoms with E-state index in [4.69, 9.17) is 14.2 Å². The summed E-state index contributed by atoms with van der Waals surface area (Å²) in [5, 5.41) is 0. The first-order chi connectivity index (χ1) is 13.7. The third-order valence-electron chi connectivity index (χ3n) is 5.74. The van der Waals surface area contributed by atoms with Crippen LogP contribution in [0.1, 0.15) is 43.0 Å². The van der Waals surface area contributed by atoms with E-state index in [1.54, 1.807) is 6.20 Å². The number of morpholine rings is 1. The first kappa shape index (κ1) is 19.6. The van der Waals surface area contributed by atoms with E-state index in [0.717, 1.165) is 57.8 Å². The molecule has 3 aliphatic heterocycles. The maximum atomic E-state index is 13.4. The third-order valence-corrected chi connectivity index (χ3v) is 5.74. The van der Waals surface area contributed by atoms with Gasteiger partial charge in [-0.05, 0) is 44.7 Å². The van der Waals surface area contributed by atoms with Crippen LogP contribution >= 0.6 is 0 Å². The second-order valence-electron chi connectivity index (χ2n) is 8.01. The van der Waals surface area contributed by atoms with Crippen molar-refractivity contribution < 1.29 is 19.0 Å². The molecule has 3 fully saturated rings. The first-order valence-electron chi connectivity index (χ1n) is 10.5. The van der Waals surface area contributed by atoms with E-state index in [2.05, 4.69) is 16.8 Å². The molecule has 3 aliphatic rings. The topological polar surface area (TPSA) is 64.1 Å². The molecule has 1 aromatic heterocycles. The van der Waals surface area contributed by atoms with E-state index >= 15 is 0 Å². The average Bonchev–Trinajstić information content (AvgIpc) is 3.41. The molecule has 4 heterocycles. The Kier molecular flexibility index (Phi) is 6.44. The standard InChI is InChI=1S/C21H31N3O4/c1-16-13-23(8-11-26-16)20-12-17(6-7-22-20)21(25)24(14-18-4-2-9-27-18)15-19-5-3-10-28-19/h6-7,12,16,18-19H,2-5,8-11,13-15H2,1H3/t16-,18+,19+/m1/s1. The van der Waals surface area contributed by atoms with Crippen molar-refractivity contribution in [2.75, 3.05) is 50.9 Å². The van der Waals surface area contributed by atoms with Crippen LogP contribution in [0.3, 0.4) is 0 Å². The van der Waals surface area contributed by atoms with Gasteiger partial charge in [-0.15, -0.1) is 0 Å². The number of hydrogen-bond donors (Lipinski definition) is 0. The van der Waals surface area contributed by atoms with Crippen LogP contribution in [0.25, 0.3) is 0 Å². The molecule has 4 rings (SSSR count). The molecule has 154 valence electrons. The number of carbonyl (C=O) groups is 1. The van der Waals surface area contributed by atoms with Gasteiger partial charge in [-0.1, -0.05) is 0 Å². The predicted octanol–water partition coefficient (Wildman–Crippen LogP) is 2.11. The van der Waals surface area contributed by atoms with Gasteiger partial charge in [0.15, 0.2) is 0 Å². The van der Waals surface area contributed by atoms with Gasteiger partial charge in [0.25, 0.3) is 5.91 Å².